The van der Waals surface area contributed by atoms with Gasteiger partial charge in [0.25, 0.3) is 5.79 Å². The van der Waals surface area contributed by atoms with Gasteiger partial charge in [0.05, 0.1) is 6.61 Å². The summed E-state index contributed by atoms with van der Waals surface area (Å²) in [6.07, 6.45) is 0. The molecule has 22 heavy (non-hydrogen) atoms. The van der Waals surface area contributed by atoms with E-state index in [1.54, 1.807) is 0 Å². The fourth-order valence-electron chi connectivity index (χ4n) is 2.71. The normalized spacial score (nSPS) is 41.8. The molecule has 124 valence electrons. The zero-order valence-corrected chi connectivity index (χ0v) is 12.5. The van der Waals surface area contributed by atoms with Crippen molar-refractivity contribution in [2.45, 2.75) is 50.3 Å². The summed E-state index contributed by atoms with van der Waals surface area (Å²) in [7, 11) is 0. The van der Waals surface area contributed by atoms with E-state index in [2.05, 4.69) is 4.74 Å². The lowest BCUT2D eigenvalue weighted by Gasteiger charge is -2.57. The predicted octanol–water partition coefficient (Wildman–Crippen LogP) is -2.75. The van der Waals surface area contributed by atoms with Crippen LogP contribution in [0.15, 0.2) is 0 Å². The molecule has 1 aliphatic rings. The van der Waals surface area contributed by atoms with Gasteiger partial charge in [-0.2, -0.15) is 0 Å². The van der Waals surface area contributed by atoms with Gasteiger partial charge in [0, 0.05) is 6.92 Å². The lowest BCUT2D eigenvalue weighted by Crippen LogP contribution is -2.88. The third-order valence-electron chi connectivity index (χ3n) is 4.18. The molecule has 1 rings (SSSR count). The van der Waals surface area contributed by atoms with E-state index >= 15 is 0 Å². The Balaban J connectivity index is 3.90. The first-order valence-corrected chi connectivity index (χ1v) is 6.31. The zero-order valence-electron chi connectivity index (χ0n) is 12.5. The fourth-order valence-corrected chi connectivity index (χ4v) is 2.71. The Kier molecular flexibility index (Phi) is 4.21. The van der Waals surface area contributed by atoms with Crippen LogP contribution in [0, 0.1) is 0 Å². The largest absolute Gasteiger partial charge is 0.376 e. The van der Waals surface area contributed by atoms with Crippen LogP contribution in [0.25, 0.3) is 0 Å². The van der Waals surface area contributed by atoms with Crippen LogP contribution >= 0.6 is 0 Å². The summed E-state index contributed by atoms with van der Waals surface area (Å²) >= 11 is 0. The second-order valence-corrected chi connectivity index (χ2v) is 5.44. The molecule has 0 aromatic rings. The Hall–Kier alpha value is -1.52. The molecule has 0 aliphatic carbocycles. The van der Waals surface area contributed by atoms with E-state index in [1.165, 1.54) is 0 Å². The van der Waals surface area contributed by atoms with E-state index in [1.807, 2.05) is 0 Å². The maximum absolute atomic E-state index is 11.9. The monoisotopic (exact) mass is 318 g/mol. The summed E-state index contributed by atoms with van der Waals surface area (Å²) in [5, 5.41) is 41.8. The van der Waals surface area contributed by atoms with Gasteiger partial charge in [0.2, 0.25) is 11.2 Å². The van der Waals surface area contributed by atoms with Crippen molar-refractivity contribution in [1.29, 1.82) is 0 Å². The Morgan fingerprint density at radius 3 is 1.41 bits per heavy atom. The number of aliphatic hydroxyl groups is 4. The average Bonchev–Trinajstić information content (AvgIpc) is 2.39. The van der Waals surface area contributed by atoms with E-state index in [4.69, 9.17) is 0 Å². The maximum Gasteiger partial charge on any atom is 0.267 e. The van der Waals surface area contributed by atoms with Gasteiger partial charge in [-0.3, -0.25) is 19.2 Å². The molecular weight excluding hydrogens is 300 g/mol. The van der Waals surface area contributed by atoms with E-state index in [0.717, 1.165) is 13.8 Å². The molecule has 1 unspecified atom stereocenters. The molecule has 1 fully saturated rings. The fraction of sp³-hybridized carbons (Fsp3) is 0.692. The number of carbonyl (C=O) groups excluding carboxylic acids is 4. The van der Waals surface area contributed by atoms with E-state index in [9.17, 15) is 39.6 Å². The van der Waals surface area contributed by atoms with Crippen molar-refractivity contribution in [3.63, 3.8) is 0 Å². The Bertz CT molecular complexity index is 520. The Morgan fingerprint density at radius 1 is 0.727 bits per heavy atom. The number of hydrogen-bond donors (Lipinski definition) is 4. The highest BCUT2D eigenvalue weighted by Gasteiger charge is 2.81. The van der Waals surface area contributed by atoms with Gasteiger partial charge in [-0.15, -0.1) is 0 Å². The second kappa shape index (κ2) is 5.00. The summed E-state index contributed by atoms with van der Waals surface area (Å²) in [6, 6.07) is 0. The van der Waals surface area contributed by atoms with Gasteiger partial charge in [-0.25, -0.2) is 0 Å². The molecule has 9 nitrogen and oxygen atoms in total. The predicted molar refractivity (Wildman–Crippen MR) is 68.5 cm³/mol. The minimum atomic E-state index is -3.57. The number of hydrogen-bond acceptors (Lipinski definition) is 9. The Morgan fingerprint density at radius 2 is 1.14 bits per heavy atom. The van der Waals surface area contributed by atoms with Crippen LogP contribution in [0.2, 0.25) is 0 Å². The number of rotatable bonds is 4. The first-order chi connectivity index (χ1) is 9.73. The molecular formula is C13H18O9. The Labute approximate surface area is 125 Å². The molecule has 0 amide bonds. The minimum absolute atomic E-state index is 0.664. The van der Waals surface area contributed by atoms with Gasteiger partial charge in [-0.1, -0.05) is 0 Å². The van der Waals surface area contributed by atoms with Crippen LogP contribution in [0.5, 0.6) is 0 Å². The molecule has 9 heteroatoms. The van der Waals surface area contributed by atoms with Crippen LogP contribution < -0.4 is 0 Å². The summed E-state index contributed by atoms with van der Waals surface area (Å²) in [5.41, 5.74) is -10.1. The van der Waals surface area contributed by atoms with Gasteiger partial charge in [0.15, 0.2) is 28.7 Å². The quantitative estimate of drug-likeness (QED) is 0.431. The SMILES string of the molecule is CC(=O)C1(O)OC[C@](O)(C(C)=O)[C@@](O)(C(C)=O)[C@]1(O)C(C)=O. The van der Waals surface area contributed by atoms with Crippen molar-refractivity contribution >= 4 is 23.1 Å². The van der Waals surface area contributed by atoms with Crippen molar-refractivity contribution in [1.82, 2.24) is 0 Å². The van der Waals surface area contributed by atoms with Crippen LogP contribution in [-0.4, -0.2) is 72.8 Å². The molecule has 1 saturated heterocycles. The van der Waals surface area contributed by atoms with Crippen LogP contribution in [-0.2, 0) is 23.9 Å². The minimum Gasteiger partial charge on any atom is -0.376 e. The number of carbonyl (C=O) groups is 4. The molecule has 0 aromatic heterocycles. The summed E-state index contributed by atoms with van der Waals surface area (Å²) in [4.78, 5) is 47.2. The van der Waals surface area contributed by atoms with Gasteiger partial charge in [-0.05, 0) is 20.8 Å². The molecule has 1 aliphatic heterocycles. The first-order valence-electron chi connectivity index (χ1n) is 6.31. The first kappa shape index (κ1) is 18.5. The van der Waals surface area contributed by atoms with Crippen LogP contribution in [0.1, 0.15) is 27.7 Å². The van der Waals surface area contributed by atoms with E-state index in [0.29, 0.717) is 13.8 Å². The lowest BCUT2D eigenvalue weighted by molar-refractivity contribution is -0.367. The van der Waals surface area contributed by atoms with Crippen LogP contribution in [0.3, 0.4) is 0 Å². The maximum atomic E-state index is 11.9. The van der Waals surface area contributed by atoms with Crippen molar-refractivity contribution in [3.8, 4) is 0 Å². The smallest absolute Gasteiger partial charge is 0.267 e. The second-order valence-electron chi connectivity index (χ2n) is 5.44. The summed E-state index contributed by atoms with van der Waals surface area (Å²) in [5.74, 6) is -8.64. The van der Waals surface area contributed by atoms with Gasteiger partial charge >= 0.3 is 0 Å². The standard InChI is InChI=1S/C13H18O9/c1-6(14)10(18)5-22-13(21,9(4)17)12(20,8(3)16)11(10,19)7(2)15/h18-21H,5H2,1-4H3/t10-,11-,12+,13?/m0/s1. The molecule has 0 spiro atoms. The number of ketones is 4. The van der Waals surface area contributed by atoms with Crippen molar-refractivity contribution < 1.29 is 44.3 Å². The highest BCUT2D eigenvalue weighted by atomic mass is 16.7. The van der Waals surface area contributed by atoms with Crippen molar-refractivity contribution in [2.75, 3.05) is 6.61 Å². The van der Waals surface area contributed by atoms with Crippen LogP contribution in [0.4, 0.5) is 0 Å². The van der Waals surface area contributed by atoms with Crippen molar-refractivity contribution in [2.24, 2.45) is 0 Å². The molecule has 0 aromatic carbocycles. The number of Topliss-reactive ketones (excluding diaryl/α,β-unsaturated/α-hetero) is 4. The highest BCUT2D eigenvalue weighted by Crippen LogP contribution is 2.47. The molecule has 0 bridgehead atoms. The third-order valence-corrected chi connectivity index (χ3v) is 4.18. The highest BCUT2D eigenvalue weighted by molar-refractivity contribution is 6.08. The third kappa shape index (κ3) is 1.77. The van der Waals surface area contributed by atoms with E-state index in [-0.39, 0.29) is 0 Å². The molecule has 4 N–H and O–H groups in total. The topological polar surface area (TPSA) is 158 Å². The molecule has 4 atom stereocenters. The summed E-state index contributed by atoms with van der Waals surface area (Å²) in [6.45, 7) is 1.71. The molecule has 0 radical (unpaired) electrons. The molecule has 1 heterocycles. The number of ether oxygens (including phenoxy) is 1. The van der Waals surface area contributed by atoms with E-state index < -0.39 is 52.3 Å². The lowest BCUT2D eigenvalue weighted by atomic mass is 9.60. The zero-order chi connectivity index (χ0) is 17.7. The summed E-state index contributed by atoms with van der Waals surface area (Å²) < 4.78 is 4.68. The molecule has 0 saturated carbocycles. The van der Waals surface area contributed by atoms with Gasteiger partial charge in [0.1, 0.15) is 0 Å². The van der Waals surface area contributed by atoms with Crippen molar-refractivity contribution in [3.05, 3.63) is 0 Å². The average molecular weight is 318 g/mol. The van der Waals surface area contributed by atoms with Gasteiger partial charge < -0.3 is 25.2 Å².